The van der Waals surface area contributed by atoms with Gasteiger partial charge in [0.2, 0.25) is 0 Å². The lowest BCUT2D eigenvalue weighted by molar-refractivity contribution is 0.0534. The number of benzene rings is 4. The summed E-state index contributed by atoms with van der Waals surface area (Å²) in [7, 11) is 0. The summed E-state index contributed by atoms with van der Waals surface area (Å²) < 4.78 is 0. The van der Waals surface area contributed by atoms with Gasteiger partial charge in [0, 0.05) is 93.4 Å². The first-order valence-corrected chi connectivity index (χ1v) is 18.6. The highest BCUT2D eigenvalue weighted by molar-refractivity contribution is 6.16. The first-order chi connectivity index (χ1) is 25.6. The molecule has 10 heteroatoms. The maximum atomic E-state index is 13.8. The Balaban J connectivity index is 0.00000308. The van der Waals surface area contributed by atoms with Gasteiger partial charge in [-0.2, -0.15) is 0 Å². The van der Waals surface area contributed by atoms with E-state index in [-0.39, 0.29) is 84.0 Å². The second-order valence-corrected chi connectivity index (χ2v) is 12.5. The van der Waals surface area contributed by atoms with Gasteiger partial charge < -0.3 is 29.8 Å². The number of phenolic OH excluding ortho intramolecular Hbond substituents is 2. The molecular weight excluding hydrogens is 668 g/mol. The fourth-order valence-corrected chi connectivity index (χ4v) is 6.66. The van der Waals surface area contributed by atoms with Gasteiger partial charge in [-0.1, -0.05) is 50.2 Å². The Morgan fingerprint density at radius 1 is 0.547 bits per heavy atom. The van der Waals surface area contributed by atoms with Crippen LogP contribution in [0, 0.1) is 0 Å². The quantitative estimate of drug-likeness (QED) is 0.141. The molecule has 280 valence electrons. The van der Waals surface area contributed by atoms with Gasteiger partial charge >= 0.3 is 0 Å². The van der Waals surface area contributed by atoms with Crippen molar-refractivity contribution in [3.05, 3.63) is 118 Å². The van der Waals surface area contributed by atoms with Crippen molar-refractivity contribution in [2.45, 2.75) is 48.0 Å². The zero-order chi connectivity index (χ0) is 38.7. The topological polar surface area (TPSA) is 122 Å². The molecule has 2 amide bonds. The van der Waals surface area contributed by atoms with Crippen molar-refractivity contribution in [2.24, 2.45) is 0 Å². The largest absolute Gasteiger partial charge is 0.507 e. The zero-order valence-corrected chi connectivity index (χ0v) is 31.8. The van der Waals surface area contributed by atoms with Crippen LogP contribution in [0.1, 0.15) is 94.1 Å². The number of nitrogens with zero attached hydrogens (tertiary/aromatic N) is 4. The Labute approximate surface area is 313 Å². The highest BCUT2D eigenvalue weighted by Gasteiger charge is 2.29. The van der Waals surface area contributed by atoms with Crippen LogP contribution in [0.25, 0.3) is 0 Å². The number of hydrogen-bond donors (Lipinski definition) is 2. The van der Waals surface area contributed by atoms with E-state index >= 15 is 0 Å². The number of carbonyl (C=O) groups is 4. The van der Waals surface area contributed by atoms with Gasteiger partial charge in [-0.3, -0.25) is 19.2 Å². The van der Waals surface area contributed by atoms with Crippen LogP contribution in [0.2, 0.25) is 0 Å². The van der Waals surface area contributed by atoms with Crippen molar-refractivity contribution in [2.75, 3.05) is 62.2 Å². The molecule has 5 rings (SSSR count). The van der Waals surface area contributed by atoms with Crippen LogP contribution in [0.4, 0.5) is 11.4 Å². The summed E-state index contributed by atoms with van der Waals surface area (Å²) in [6.07, 6.45) is -0.0584. The van der Waals surface area contributed by atoms with Gasteiger partial charge in [-0.15, -0.1) is 0 Å². The number of piperazine rings is 1. The number of ketones is 2. The number of Topliss-reactive ketones (excluding diaryl/α,β-unsaturated/α-hetero) is 1. The number of amides is 2. The molecule has 4 aromatic carbocycles. The molecule has 1 aliphatic heterocycles. The van der Waals surface area contributed by atoms with Gasteiger partial charge in [0.05, 0.1) is 16.7 Å². The van der Waals surface area contributed by atoms with Crippen LogP contribution in [0.3, 0.4) is 0 Å². The molecule has 10 nitrogen and oxygen atoms in total. The lowest BCUT2D eigenvalue weighted by atomic mass is 9.96. The average molecular weight is 721 g/mol. The number of rotatable bonds is 13. The number of phenols is 2. The summed E-state index contributed by atoms with van der Waals surface area (Å²) in [4.78, 5) is 61.9. The third-order valence-electron chi connectivity index (χ3n) is 9.62. The Morgan fingerprint density at radius 3 is 1.43 bits per heavy atom. The van der Waals surface area contributed by atoms with E-state index in [1.54, 1.807) is 88.7 Å². The monoisotopic (exact) mass is 720 g/mol. The number of hydrogen-bond acceptors (Lipinski definition) is 8. The number of carbonyl (C=O) groups excluding carboxylic acids is 4. The highest BCUT2D eigenvalue weighted by Crippen LogP contribution is 2.29. The SMILES string of the molecule is CC.CCN(CC)c1ccc(C(=O)Cc2ccccc2C(=O)N2CCN(C(=O)c3ccccc3C(=O)c3ccc(N(CC)CC)cc3O)CC2)c(O)c1. The second-order valence-electron chi connectivity index (χ2n) is 12.5. The third kappa shape index (κ3) is 9.06. The minimum Gasteiger partial charge on any atom is -0.507 e. The van der Waals surface area contributed by atoms with Gasteiger partial charge in [0.15, 0.2) is 11.6 Å². The molecule has 0 radical (unpaired) electrons. The van der Waals surface area contributed by atoms with Gasteiger partial charge in [0.1, 0.15) is 11.5 Å². The molecule has 1 aliphatic rings. The van der Waals surface area contributed by atoms with E-state index in [0.717, 1.165) is 37.6 Å². The van der Waals surface area contributed by atoms with E-state index in [4.69, 9.17) is 0 Å². The van der Waals surface area contributed by atoms with E-state index in [0.29, 0.717) is 11.1 Å². The van der Waals surface area contributed by atoms with Crippen LogP contribution >= 0.6 is 0 Å². The Hall–Kier alpha value is -5.64. The third-order valence-corrected chi connectivity index (χ3v) is 9.62. The maximum absolute atomic E-state index is 13.8. The summed E-state index contributed by atoms with van der Waals surface area (Å²) in [5.41, 5.74) is 3.33. The first-order valence-electron chi connectivity index (χ1n) is 18.6. The van der Waals surface area contributed by atoms with E-state index in [2.05, 4.69) is 9.80 Å². The van der Waals surface area contributed by atoms with E-state index in [1.807, 2.05) is 47.6 Å². The molecule has 0 saturated carbocycles. The molecule has 0 spiro atoms. The van der Waals surface area contributed by atoms with Crippen LogP contribution in [0.15, 0.2) is 84.9 Å². The molecule has 4 aromatic rings. The summed E-state index contributed by atoms with van der Waals surface area (Å²) >= 11 is 0. The molecule has 0 unspecified atom stereocenters. The van der Waals surface area contributed by atoms with Crippen LogP contribution < -0.4 is 9.80 Å². The van der Waals surface area contributed by atoms with Crippen molar-refractivity contribution in [1.82, 2.24) is 9.80 Å². The van der Waals surface area contributed by atoms with E-state index in [9.17, 15) is 29.4 Å². The highest BCUT2D eigenvalue weighted by atomic mass is 16.3. The molecule has 0 aromatic heterocycles. The number of aromatic hydroxyl groups is 2. The predicted octanol–water partition coefficient (Wildman–Crippen LogP) is 7.07. The Bertz CT molecular complexity index is 1910. The predicted molar refractivity (Wildman–Crippen MR) is 211 cm³/mol. The minimum atomic E-state index is -0.448. The summed E-state index contributed by atoms with van der Waals surface area (Å²) in [5.74, 6) is -1.56. The fourth-order valence-electron chi connectivity index (χ4n) is 6.66. The molecule has 53 heavy (non-hydrogen) atoms. The molecular formula is C43H52N4O6. The Morgan fingerprint density at radius 2 is 0.962 bits per heavy atom. The maximum Gasteiger partial charge on any atom is 0.254 e. The smallest absolute Gasteiger partial charge is 0.254 e. The standard InChI is InChI=1S/C41H46N4O6.C2H6/c1-5-42(6-2)29-17-19-34(37(47)26-29)36(46)25-28-13-9-10-14-31(28)40(50)44-21-23-45(24-22-44)41(51)33-16-12-11-15-32(33)39(49)35-20-18-30(27-38(35)48)43(7-3)8-4;1-2/h9-20,26-27,47-48H,5-8,21-25H2,1-4H3;1-2H3. The van der Waals surface area contributed by atoms with Crippen molar-refractivity contribution in [1.29, 1.82) is 0 Å². The molecule has 0 bridgehead atoms. The second kappa shape index (κ2) is 18.7. The summed E-state index contributed by atoms with van der Waals surface area (Å²) in [5, 5.41) is 21.5. The van der Waals surface area contributed by atoms with E-state index < -0.39 is 5.78 Å². The van der Waals surface area contributed by atoms with Crippen molar-refractivity contribution < 1.29 is 29.4 Å². The molecule has 0 aliphatic carbocycles. The molecule has 1 saturated heterocycles. The van der Waals surface area contributed by atoms with Crippen molar-refractivity contribution in [3.8, 4) is 11.5 Å². The zero-order valence-electron chi connectivity index (χ0n) is 31.8. The summed E-state index contributed by atoms with van der Waals surface area (Å²) in [6, 6.07) is 23.5. The molecule has 2 N–H and O–H groups in total. The van der Waals surface area contributed by atoms with Gasteiger partial charge in [-0.25, -0.2) is 0 Å². The van der Waals surface area contributed by atoms with E-state index in [1.165, 1.54) is 0 Å². The van der Waals surface area contributed by atoms with Crippen molar-refractivity contribution >= 4 is 34.8 Å². The molecule has 0 atom stereocenters. The molecule has 1 heterocycles. The average Bonchev–Trinajstić information content (AvgIpc) is 3.19. The minimum absolute atomic E-state index is 0.0584. The van der Waals surface area contributed by atoms with Crippen LogP contribution in [0.5, 0.6) is 11.5 Å². The van der Waals surface area contributed by atoms with Gasteiger partial charge in [-0.05, 0) is 69.7 Å². The lowest BCUT2D eigenvalue weighted by Crippen LogP contribution is -2.51. The van der Waals surface area contributed by atoms with Crippen molar-refractivity contribution in [3.63, 3.8) is 0 Å². The fraction of sp³-hybridized carbons (Fsp3) is 0.349. The number of anilines is 2. The first kappa shape index (κ1) is 40.1. The lowest BCUT2D eigenvalue weighted by Gasteiger charge is -2.35. The van der Waals surface area contributed by atoms with Crippen LogP contribution in [-0.4, -0.2) is 95.8 Å². The summed E-state index contributed by atoms with van der Waals surface area (Å²) in [6.45, 7) is 16.2. The molecule has 1 fully saturated rings. The van der Waals surface area contributed by atoms with Crippen LogP contribution in [-0.2, 0) is 6.42 Å². The normalized spacial score (nSPS) is 12.4. The van der Waals surface area contributed by atoms with Gasteiger partial charge in [0.25, 0.3) is 11.8 Å². The Kier molecular flexibility index (Phi) is 14.2.